The SMILES string of the molecule is CCOC(=O)C1=C(COCc2cn[nH]n2)NC2=C(C(=O)CC(C)(C)C2)C1c1cccnc1. The lowest BCUT2D eigenvalue weighted by Crippen LogP contribution is -2.40. The molecule has 0 fully saturated rings. The molecule has 0 saturated carbocycles. The van der Waals surface area contributed by atoms with Gasteiger partial charge in [0.2, 0.25) is 0 Å². The van der Waals surface area contributed by atoms with E-state index >= 15 is 0 Å². The van der Waals surface area contributed by atoms with Gasteiger partial charge in [-0.3, -0.25) is 9.78 Å². The average Bonchev–Trinajstić information content (AvgIpc) is 3.26. The summed E-state index contributed by atoms with van der Waals surface area (Å²) in [7, 11) is 0. The zero-order valence-corrected chi connectivity index (χ0v) is 18.5. The Hall–Kier alpha value is -3.33. The van der Waals surface area contributed by atoms with E-state index in [1.165, 1.54) is 0 Å². The van der Waals surface area contributed by atoms with E-state index < -0.39 is 11.9 Å². The summed E-state index contributed by atoms with van der Waals surface area (Å²) in [4.78, 5) is 30.7. The third-order valence-electron chi connectivity index (χ3n) is 5.60. The van der Waals surface area contributed by atoms with Crippen LogP contribution in [0.25, 0.3) is 0 Å². The molecule has 2 N–H and O–H groups in total. The van der Waals surface area contributed by atoms with E-state index in [9.17, 15) is 9.59 Å². The van der Waals surface area contributed by atoms with Crippen LogP contribution in [0.4, 0.5) is 0 Å². The van der Waals surface area contributed by atoms with E-state index in [4.69, 9.17) is 9.47 Å². The van der Waals surface area contributed by atoms with E-state index in [0.29, 0.717) is 35.4 Å². The van der Waals surface area contributed by atoms with Gasteiger partial charge in [0.15, 0.2) is 5.78 Å². The highest BCUT2D eigenvalue weighted by Gasteiger charge is 2.43. The van der Waals surface area contributed by atoms with Crippen LogP contribution in [0.1, 0.15) is 50.8 Å². The van der Waals surface area contributed by atoms with Crippen LogP contribution in [0.2, 0.25) is 0 Å². The molecule has 0 bridgehead atoms. The minimum absolute atomic E-state index is 0.0296. The highest BCUT2D eigenvalue weighted by molar-refractivity contribution is 6.04. The second kappa shape index (κ2) is 9.04. The highest BCUT2D eigenvalue weighted by atomic mass is 16.5. The summed E-state index contributed by atoms with van der Waals surface area (Å²) in [5, 5.41) is 13.7. The molecule has 0 radical (unpaired) electrons. The first kappa shape index (κ1) is 21.9. The number of pyridine rings is 1. The number of carbonyl (C=O) groups is 2. The lowest BCUT2D eigenvalue weighted by molar-refractivity contribution is -0.139. The van der Waals surface area contributed by atoms with Crippen LogP contribution in [0, 0.1) is 5.41 Å². The van der Waals surface area contributed by atoms with Crippen molar-refractivity contribution in [2.24, 2.45) is 5.41 Å². The summed E-state index contributed by atoms with van der Waals surface area (Å²) in [6.45, 7) is 6.48. The van der Waals surface area contributed by atoms with Gasteiger partial charge in [-0.2, -0.15) is 15.4 Å². The number of aromatic nitrogens is 4. The molecular formula is C23H27N5O4. The number of nitrogens with zero attached hydrogens (tertiary/aromatic N) is 3. The monoisotopic (exact) mass is 437 g/mol. The second-order valence-corrected chi connectivity index (χ2v) is 8.74. The Morgan fingerprint density at radius 2 is 2.09 bits per heavy atom. The molecule has 1 unspecified atom stereocenters. The number of esters is 1. The molecule has 2 aromatic heterocycles. The molecule has 32 heavy (non-hydrogen) atoms. The number of H-pyrrole nitrogens is 1. The van der Waals surface area contributed by atoms with Gasteiger partial charge in [-0.15, -0.1) is 0 Å². The van der Waals surface area contributed by atoms with Crippen LogP contribution in [0.3, 0.4) is 0 Å². The highest BCUT2D eigenvalue weighted by Crippen LogP contribution is 2.46. The smallest absolute Gasteiger partial charge is 0.336 e. The largest absolute Gasteiger partial charge is 0.463 e. The number of hydrogen-bond donors (Lipinski definition) is 2. The topological polar surface area (TPSA) is 119 Å². The Kier molecular flexibility index (Phi) is 6.18. The fraction of sp³-hybridized carbons (Fsp3) is 0.435. The number of aromatic amines is 1. The van der Waals surface area contributed by atoms with Gasteiger partial charge in [-0.25, -0.2) is 4.79 Å². The van der Waals surface area contributed by atoms with Crippen LogP contribution >= 0.6 is 0 Å². The molecule has 0 aromatic carbocycles. The van der Waals surface area contributed by atoms with Crippen molar-refractivity contribution in [2.45, 2.75) is 46.1 Å². The summed E-state index contributed by atoms with van der Waals surface area (Å²) in [5.41, 5.74) is 3.64. The summed E-state index contributed by atoms with van der Waals surface area (Å²) in [6, 6.07) is 3.69. The molecule has 1 aliphatic heterocycles. The molecular weight excluding hydrogens is 410 g/mol. The predicted octanol–water partition coefficient (Wildman–Crippen LogP) is 2.56. The molecule has 2 aromatic rings. The van der Waals surface area contributed by atoms with Gasteiger partial charge in [-0.1, -0.05) is 19.9 Å². The third-order valence-corrected chi connectivity index (χ3v) is 5.60. The lowest BCUT2D eigenvalue weighted by atomic mass is 9.69. The molecule has 9 nitrogen and oxygen atoms in total. The Bertz CT molecular complexity index is 1060. The number of allylic oxidation sites excluding steroid dienone is 2. The molecule has 9 heteroatoms. The molecule has 168 valence electrons. The molecule has 1 aliphatic carbocycles. The maximum atomic E-state index is 13.3. The van der Waals surface area contributed by atoms with E-state index in [1.807, 2.05) is 6.07 Å². The lowest BCUT2D eigenvalue weighted by Gasteiger charge is -2.39. The van der Waals surface area contributed by atoms with Crippen molar-refractivity contribution >= 4 is 11.8 Å². The number of ether oxygens (including phenoxy) is 2. The van der Waals surface area contributed by atoms with Crippen molar-refractivity contribution < 1.29 is 19.1 Å². The first-order valence-electron chi connectivity index (χ1n) is 10.7. The Morgan fingerprint density at radius 1 is 1.25 bits per heavy atom. The first-order chi connectivity index (χ1) is 15.4. The molecule has 0 saturated heterocycles. The molecule has 4 rings (SSSR count). The van der Waals surface area contributed by atoms with Crippen molar-refractivity contribution in [1.29, 1.82) is 0 Å². The standard InChI is InChI=1S/C23H27N5O4/c1-4-32-22(30)21-17(13-31-12-15-11-25-28-27-15)26-16-8-23(2,3)9-18(29)20(16)19(21)14-6-5-7-24-10-14/h5-7,10-11,19,26H,4,8-9,12-13H2,1-3H3,(H,25,27,28). The maximum Gasteiger partial charge on any atom is 0.336 e. The molecule has 0 amide bonds. The number of ketones is 1. The number of carbonyl (C=O) groups excluding carboxylic acids is 2. The fourth-order valence-electron chi connectivity index (χ4n) is 4.35. The van der Waals surface area contributed by atoms with Crippen molar-refractivity contribution in [3.05, 3.63) is 64.5 Å². The average molecular weight is 438 g/mol. The first-order valence-corrected chi connectivity index (χ1v) is 10.7. The molecule has 3 heterocycles. The van der Waals surface area contributed by atoms with Crippen molar-refractivity contribution in [2.75, 3.05) is 13.2 Å². The number of Topliss-reactive ketones (excluding diaryl/α,β-unsaturated/α-hetero) is 1. The molecule has 1 atom stereocenters. The minimum atomic E-state index is -0.562. The molecule has 2 aliphatic rings. The summed E-state index contributed by atoms with van der Waals surface area (Å²) in [6.07, 6.45) is 6.05. The maximum absolute atomic E-state index is 13.3. The summed E-state index contributed by atoms with van der Waals surface area (Å²) >= 11 is 0. The normalized spacial score (nSPS) is 20.1. The van der Waals surface area contributed by atoms with E-state index in [2.05, 4.69) is 39.6 Å². The van der Waals surface area contributed by atoms with Gasteiger partial charge < -0.3 is 14.8 Å². The number of hydrogen-bond acceptors (Lipinski definition) is 8. The second-order valence-electron chi connectivity index (χ2n) is 8.74. The minimum Gasteiger partial charge on any atom is -0.463 e. The van der Waals surface area contributed by atoms with Crippen molar-refractivity contribution in [1.82, 2.24) is 25.7 Å². The van der Waals surface area contributed by atoms with Crippen LogP contribution in [-0.4, -0.2) is 45.4 Å². The number of nitrogens with one attached hydrogen (secondary N) is 2. The van der Waals surface area contributed by atoms with Gasteiger partial charge in [0, 0.05) is 36.0 Å². The van der Waals surface area contributed by atoms with Crippen LogP contribution in [0.5, 0.6) is 0 Å². The quantitative estimate of drug-likeness (QED) is 0.635. The van der Waals surface area contributed by atoms with Crippen molar-refractivity contribution in [3.8, 4) is 0 Å². The predicted molar refractivity (Wildman–Crippen MR) is 115 cm³/mol. The Morgan fingerprint density at radius 3 is 2.78 bits per heavy atom. The summed E-state index contributed by atoms with van der Waals surface area (Å²) in [5.74, 6) is -1.01. The van der Waals surface area contributed by atoms with Gasteiger partial charge in [0.25, 0.3) is 0 Å². The van der Waals surface area contributed by atoms with Gasteiger partial charge in [-0.05, 0) is 30.4 Å². The number of rotatable bonds is 7. The van der Waals surface area contributed by atoms with Gasteiger partial charge in [0.05, 0.1) is 37.3 Å². The molecule has 0 spiro atoms. The van der Waals surface area contributed by atoms with Gasteiger partial charge >= 0.3 is 5.97 Å². The van der Waals surface area contributed by atoms with E-state index in [1.54, 1.807) is 31.6 Å². The van der Waals surface area contributed by atoms with Crippen LogP contribution in [-0.2, 0) is 25.7 Å². The Labute approximate surface area is 186 Å². The summed E-state index contributed by atoms with van der Waals surface area (Å²) < 4.78 is 11.2. The van der Waals surface area contributed by atoms with Crippen LogP contribution < -0.4 is 5.32 Å². The van der Waals surface area contributed by atoms with E-state index in [0.717, 1.165) is 11.3 Å². The zero-order valence-electron chi connectivity index (χ0n) is 18.5. The zero-order chi connectivity index (χ0) is 22.7. The Balaban J connectivity index is 1.77. The van der Waals surface area contributed by atoms with Gasteiger partial charge in [0.1, 0.15) is 5.69 Å². The third kappa shape index (κ3) is 4.47. The fourth-order valence-corrected chi connectivity index (χ4v) is 4.35. The number of dihydropyridines is 1. The van der Waals surface area contributed by atoms with Crippen molar-refractivity contribution in [3.63, 3.8) is 0 Å². The van der Waals surface area contributed by atoms with Crippen LogP contribution in [0.15, 0.2) is 53.3 Å². The van der Waals surface area contributed by atoms with E-state index in [-0.39, 0.29) is 31.0 Å².